The van der Waals surface area contributed by atoms with Gasteiger partial charge in [0.1, 0.15) is 11.5 Å². The van der Waals surface area contributed by atoms with Crippen LogP contribution < -0.4 is 5.73 Å². The first-order valence-electron chi connectivity index (χ1n) is 5.76. The van der Waals surface area contributed by atoms with Crippen LogP contribution in [0.2, 0.25) is 0 Å². The summed E-state index contributed by atoms with van der Waals surface area (Å²) in [6, 6.07) is 1.82. The Bertz CT molecular complexity index is 515. The zero-order valence-electron chi connectivity index (χ0n) is 10.4. The maximum atomic E-state index is 5.81. The summed E-state index contributed by atoms with van der Waals surface area (Å²) in [4.78, 5) is 12.9. The number of aromatic nitrogens is 4. The second-order valence-electron chi connectivity index (χ2n) is 4.26. The second-order valence-corrected chi connectivity index (χ2v) is 4.26. The zero-order valence-corrected chi connectivity index (χ0v) is 10.4. The summed E-state index contributed by atoms with van der Waals surface area (Å²) in [5, 5.41) is 0. The SMILES string of the molecule is CCn1cncc1-c1nc(N)cc(C(C)C)n1. The molecule has 0 aliphatic heterocycles. The van der Waals surface area contributed by atoms with Crippen LogP contribution in [0.4, 0.5) is 5.82 Å². The molecule has 17 heavy (non-hydrogen) atoms. The highest BCUT2D eigenvalue weighted by Crippen LogP contribution is 2.20. The number of rotatable bonds is 3. The third kappa shape index (κ3) is 2.27. The quantitative estimate of drug-likeness (QED) is 0.877. The molecule has 0 aliphatic carbocycles. The van der Waals surface area contributed by atoms with E-state index in [2.05, 4.69) is 35.7 Å². The number of hydrogen-bond acceptors (Lipinski definition) is 4. The number of aryl methyl sites for hydroxylation is 1. The molecule has 2 N–H and O–H groups in total. The van der Waals surface area contributed by atoms with Gasteiger partial charge in [-0.05, 0) is 12.8 Å². The fraction of sp³-hybridized carbons (Fsp3) is 0.417. The van der Waals surface area contributed by atoms with Crippen molar-refractivity contribution < 1.29 is 0 Å². The average Bonchev–Trinajstić information content (AvgIpc) is 2.76. The van der Waals surface area contributed by atoms with Crippen LogP contribution >= 0.6 is 0 Å². The van der Waals surface area contributed by atoms with Gasteiger partial charge in [0, 0.05) is 18.3 Å². The van der Waals surface area contributed by atoms with Crippen molar-refractivity contribution in [3.05, 3.63) is 24.3 Å². The largest absolute Gasteiger partial charge is 0.384 e. The molecule has 2 heterocycles. The molecule has 0 atom stereocenters. The summed E-state index contributed by atoms with van der Waals surface area (Å²) in [5.41, 5.74) is 7.67. The average molecular weight is 231 g/mol. The molecule has 0 bridgehead atoms. The summed E-state index contributed by atoms with van der Waals surface area (Å²) in [6.45, 7) is 7.07. The lowest BCUT2D eigenvalue weighted by atomic mass is 10.1. The molecule has 0 fully saturated rings. The molecule has 0 unspecified atom stereocenters. The van der Waals surface area contributed by atoms with E-state index in [1.165, 1.54) is 0 Å². The van der Waals surface area contributed by atoms with E-state index in [9.17, 15) is 0 Å². The van der Waals surface area contributed by atoms with E-state index in [1.807, 2.05) is 10.6 Å². The Kier molecular flexibility index (Phi) is 3.08. The fourth-order valence-corrected chi connectivity index (χ4v) is 1.65. The lowest BCUT2D eigenvalue weighted by Gasteiger charge is -2.09. The zero-order chi connectivity index (χ0) is 12.4. The van der Waals surface area contributed by atoms with Crippen LogP contribution in [0.1, 0.15) is 32.4 Å². The van der Waals surface area contributed by atoms with E-state index in [-0.39, 0.29) is 0 Å². The predicted octanol–water partition coefficient (Wildman–Crippen LogP) is 2.07. The Morgan fingerprint density at radius 1 is 1.35 bits per heavy atom. The topological polar surface area (TPSA) is 69.6 Å². The normalized spacial score (nSPS) is 11.1. The minimum atomic E-state index is 0.331. The molecule has 2 aromatic heterocycles. The smallest absolute Gasteiger partial charge is 0.180 e. The van der Waals surface area contributed by atoms with E-state index in [0.717, 1.165) is 17.9 Å². The van der Waals surface area contributed by atoms with Crippen LogP contribution in [0.3, 0.4) is 0 Å². The lowest BCUT2D eigenvalue weighted by Crippen LogP contribution is -2.04. The minimum absolute atomic E-state index is 0.331. The molecule has 2 rings (SSSR count). The van der Waals surface area contributed by atoms with Gasteiger partial charge < -0.3 is 10.3 Å². The van der Waals surface area contributed by atoms with Crippen LogP contribution in [0.5, 0.6) is 0 Å². The summed E-state index contributed by atoms with van der Waals surface area (Å²) >= 11 is 0. The highest BCUT2D eigenvalue weighted by molar-refractivity contribution is 5.52. The van der Waals surface area contributed by atoms with Crippen LogP contribution in [-0.4, -0.2) is 19.5 Å². The van der Waals surface area contributed by atoms with Gasteiger partial charge in [0.25, 0.3) is 0 Å². The molecule has 0 aromatic carbocycles. The number of imidazole rings is 1. The van der Waals surface area contributed by atoms with Gasteiger partial charge >= 0.3 is 0 Å². The second kappa shape index (κ2) is 4.53. The molecule has 5 heteroatoms. The summed E-state index contributed by atoms with van der Waals surface area (Å²) in [6.07, 6.45) is 3.54. The van der Waals surface area contributed by atoms with Crippen molar-refractivity contribution in [1.29, 1.82) is 0 Å². The van der Waals surface area contributed by atoms with Gasteiger partial charge in [-0.2, -0.15) is 0 Å². The first-order valence-corrected chi connectivity index (χ1v) is 5.76. The number of nitrogen functional groups attached to an aromatic ring is 1. The van der Waals surface area contributed by atoms with Crippen molar-refractivity contribution in [1.82, 2.24) is 19.5 Å². The predicted molar refractivity (Wildman–Crippen MR) is 67.4 cm³/mol. The van der Waals surface area contributed by atoms with E-state index < -0.39 is 0 Å². The van der Waals surface area contributed by atoms with E-state index in [0.29, 0.717) is 17.6 Å². The van der Waals surface area contributed by atoms with Gasteiger partial charge in [-0.15, -0.1) is 0 Å². The van der Waals surface area contributed by atoms with Crippen molar-refractivity contribution in [3.63, 3.8) is 0 Å². The molecule has 0 aliphatic rings. The maximum absolute atomic E-state index is 5.81. The monoisotopic (exact) mass is 231 g/mol. The molecule has 0 radical (unpaired) electrons. The highest BCUT2D eigenvalue weighted by Gasteiger charge is 2.11. The van der Waals surface area contributed by atoms with Gasteiger partial charge in [-0.3, -0.25) is 0 Å². The number of nitrogens with two attached hydrogens (primary N) is 1. The Morgan fingerprint density at radius 3 is 2.76 bits per heavy atom. The maximum Gasteiger partial charge on any atom is 0.180 e. The third-order valence-electron chi connectivity index (χ3n) is 2.64. The van der Waals surface area contributed by atoms with Gasteiger partial charge in [0.05, 0.1) is 12.5 Å². The molecule has 0 amide bonds. The van der Waals surface area contributed by atoms with E-state index >= 15 is 0 Å². The fourth-order valence-electron chi connectivity index (χ4n) is 1.65. The van der Waals surface area contributed by atoms with E-state index in [4.69, 9.17) is 5.73 Å². The van der Waals surface area contributed by atoms with Crippen molar-refractivity contribution >= 4 is 5.82 Å². The summed E-state index contributed by atoms with van der Waals surface area (Å²) in [5.74, 6) is 1.48. The summed E-state index contributed by atoms with van der Waals surface area (Å²) in [7, 11) is 0. The van der Waals surface area contributed by atoms with Gasteiger partial charge in [-0.1, -0.05) is 13.8 Å². The van der Waals surface area contributed by atoms with Crippen molar-refractivity contribution in [2.75, 3.05) is 5.73 Å². The van der Waals surface area contributed by atoms with Crippen LogP contribution in [-0.2, 0) is 6.54 Å². The summed E-state index contributed by atoms with van der Waals surface area (Å²) < 4.78 is 2.00. The van der Waals surface area contributed by atoms with Crippen LogP contribution in [0.15, 0.2) is 18.6 Å². The Balaban J connectivity index is 2.52. The highest BCUT2D eigenvalue weighted by atomic mass is 15.1. The molecular weight excluding hydrogens is 214 g/mol. The van der Waals surface area contributed by atoms with Crippen LogP contribution in [0.25, 0.3) is 11.5 Å². The molecule has 90 valence electrons. The van der Waals surface area contributed by atoms with Crippen molar-refractivity contribution in [2.45, 2.75) is 33.2 Å². The Morgan fingerprint density at radius 2 is 2.12 bits per heavy atom. The number of anilines is 1. The van der Waals surface area contributed by atoms with Gasteiger partial charge in [-0.25, -0.2) is 15.0 Å². The third-order valence-corrected chi connectivity index (χ3v) is 2.64. The minimum Gasteiger partial charge on any atom is -0.384 e. The molecule has 0 spiro atoms. The first-order chi connectivity index (χ1) is 8.11. The van der Waals surface area contributed by atoms with Crippen LogP contribution in [0, 0.1) is 0 Å². The van der Waals surface area contributed by atoms with Crippen molar-refractivity contribution in [3.8, 4) is 11.5 Å². The Labute approximate surface area is 101 Å². The standard InChI is InChI=1S/C12H17N5/c1-4-17-7-14-6-10(17)12-15-9(8(2)3)5-11(13)16-12/h5-8H,4H2,1-3H3,(H2,13,15,16). The first kappa shape index (κ1) is 11.6. The van der Waals surface area contributed by atoms with Crippen molar-refractivity contribution in [2.24, 2.45) is 0 Å². The molecule has 0 saturated carbocycles. The lowest BCUT2D eigenvalue weighted by molar-refractivity contribution is 0.758. The number of nitrogens with zero attached hydrogens (tertiary/aromatic N) is 4. The van der Waals surface area contributed by atoms with Gasteiger partial charge in [0.2, 0.25) is 0 Å². The van der Waals surface area contributed by atoms with E-state index in [1.54, 1.807) is 12.5 Å². The molecule has 2 aromatic rings. The number of hydrogen-bond donors (Lipinski definition) is 1. The molecule has 5 nitrogen and oxygen atoms in total. The molecular formula is C12H17N5. The Hall–Kier alpha value is -1.91. The molecule has 0 saturated heterocycles. The van der Waals surface area contributed by atoms with Gasteiger partial charge in [0.15, 0.2) is 5.82 Å².